The van der Waals surface area contributed by atoms with E-state index in [0.717, 1.165) is 12.8 Å². The molecule has 0 amide bonds. The summed E-state index contributed by atoms with van der Waals surface area (Å²) in [4.78, 5) is 0.697. The molecule has 0 aliphatic carbocycles. The molecule has 0 spiro atoms. The normalized spacial score (nSPS) is 14.4. The van der Waals surface area contributed by atoms with Gasteiger partial charge in [-0.3, -0.25) is 0 Å². The second kappa shape index (κ2) is 6.75. The minimum absolute atomic E-state index is 0.620. The third-order valence-electron chi connectivity index (χ3n) is 2.81. The Morgan fingerprint density at radius 1 is 1.39 bits per heavy atom. The number of hydrogen-bond donors (Lipinski definition) is 1. The molecule has 0 saturated heterocycles. The largest absolute Gasteiger partial charge is 0.399 e. The molecule has 0 aromatic heterocycles. The molecule has 2 N–H and O–H groups in total. The van der Waals surface area contributed by atoms with Gasteiger partial charge in [-0.1, -0.05) is 26.3 Å². The second-order valence-electron chi connectivity index (χ2n) is 4.22. The van der Waals surface area contributed by atoms with Gasteiger partial charge in [0, 0.05) is 25.8 Å². The number of hydrogen-bond acceptors (Lipinski definition) is 3. The van der Waals surface area contributed by atoms with Gasteiger partial charge in [-0.05, 0) is 24.6 Å². The Bertz CT molecular complexity index is 493. The number of nitrogen functional groups attached to an aromatic ring is 1. The highest BCUT2D eigenvalue weighted by Crippen LogP contribution is 2.19. The number of nitrogens with two attached hydrogens (primary N) is 1. The van der Waals surface area contributed by atoms with E-state index in [-0.39, 0.29) is 0 Å². The SMILES string of the molecule is CCCCN=S(=O)(c1cccc(N)c1)N(C)CC. The maximum Gasteiger partial charge on any atom is 0.139 e. The molecule has 0 aliphatic heterocycles. The molecule has 5 heteroatoms. The molecule has 1 unspecified atom stereocenters. The third-order valence-corrected chi connectivity index (χ3v) is 5.31. The molecule has 0 radical (unpaired) electrons. The summed E-state index contributed by atoms with van der Waals surface area (Å²) in [6.45, 7) is 5.38. The zero-order valence-corrected chi connectivity index (χ0v) is 12.2. The summed E-state index contributed by atoms with van der Waals surface area (Å²) >= 11 is 0. The molecule has 0 saturated carbocycles. The third kappa shape index (κ3) is 3.46. The van der Waals surface area contributed by atoms with E-state index in [9.17, 15) is 4.21 Å². The first kappa shape index (κ1) is 15.0. The number of rotatable bonds is 6. The first-order valence-corrected chi connectivity index (χ1v) is 7.81. The zero-order chi connectivity index (χ0) is 13.6. The van der Waals surface area contributed by atoms with Crippen LogP contribution < -0.4 is 5.73 Å². The Morgan fingerprint density at radius 2 is 2.11 bits per heavy atom. The van der Waals surface area contributed by atoms with E-state index in [4.69, 9.17) is 5.73 Å². The molecule has 1 atom stereocenters. The standard InChI is InChI=1S/C13H23N3OS/c1-4-6-10-15-18(17,16(3)5-2)13-9-7-8-12(14)11-13/h7-9,11H,4-6,10,14H2,1-3H3. The summed E-state index contributed by atoms with van der Waals surface area (Å²) in [6, 6.07) is 7.20. The van der Waals surface area contributed by atoms with Crippen molar-refractivity contribution < 1.29 is 4.21 Å². The minimum Gasteiger partial charge on any atom is -0.399 e. The number of nitrogens with zero attached hydrogens (tertiary/aromatic N) is 2. The van der Waals surface area contributed by atoms with Gasteiger partial charge in [0.15, 0.2) is 0 Å². The van der Waals surface area contributed by atoms with Crippen molar-refractivity contribution in [3.05, 3.63) is 24.3 Å². The average Bonchev–Trinajstić information content (AvgIpc) is 2.37. The Kier molecular flexibility index (Phi) is 5.62. The lowest BCUT2D eigenvalue weighted by Gasteiger charge is -2.20. The molecule has 0 bridgehead atoms. The van der Waals surface area contributed by atoms with Crippen LogP contribution in [0.25, 0.3) is 0 Å². The van der Waals surface area contributed by atoms with Crippen molar-refractivity contribution in [3.63, 3.8) is 0 Å². The van der Waals surface area contributed by atoms with Crippen LogP contribution >= 0.6 is 0 Å². The molecular weight excluding hydrogens is 246 g/mol. The van der Waals surface area contributed by atoms with Gasteiger partial charge in [-0.15, -0.1) is 0 Å². The summed E-state index contributed by atoms with van der Waals surface area (Å²) < 4.78 is 19.3. The van der Waals surface area contributed by atoms with E-state index in [2.05, 4.69) is 11.3 Å². The highest BCUT2D eigenvalue weighted by atomic mass is 32.2. The number of anilines is 1. The molecule has 0 heterocycles. The lowest BCUT2D eigenvalue weighted by molar-refractivity contribution is 0.536. The second-order valence-corrected chi connectivity index (χ2v) is 6.57. The monoisotopic (exact) mass is 269 g/mol. The fraction of sp³-hybridized carbons (Fsp3) is 0.538. The van der Waals surface area contributed by atoms with Crippen LogP contribution in [0.3, 0.4) is 0 Å². The molecule has 1 aromatic rings. The van der Waals surface area contributed by atoms with Crippen LogP contribution in [0.5, 0.6) is 0 Å². The van der Waals surface area contributed by atoms with Crippen molar-refractivity contribution in [2.75, 3.05) is 25.9 Å². The summed E-state index contributed by atoms with van der Waals surface area (Å²) in [6.07, 6.45) is 2.00. The van der Waals surface area contributed by atoms with E-state index in [0.29, 0.717) is 23.7 Å². The van der Waals surface area contributed by atoms with Crippen molar-refractivity contribution in [1.29, 1.82) is 0 Å². The summed E-state index contributed by atoms with van der Waals surface area (Å²) in [7, 11) is -0.679. The van der Waals surface area contributed by atoms with E-state index < -0.39 is 9.92 Å². The van der Waals surface area contributed by atoms with E-state index in [1.54, 1.807) is 16.4 Å². The molecule has 0 aliphatic rings. The molecular formula is C13H23N3OS. The summed E-state index contributed by atoms with van der Waals surface area (Å²) in [5, 5.41) is 0. The molecule has 1 aromatic carbocycles. The average molecular weight is 269 g/mol. The smallest absolute Gasteiger partial charge is 0.139 e. The topological polar surface area (TPSA) is 58.7 Å². The maximum atomic E-state index is 13.0. The number of benzene rings is 1. The molecule has 0 fully saturated rings. The van der Waals surface area contributed by atoms with Gasteiger partial charge in [-0.2, -0.15) is 0 Å². The van der Waals surface area contributed by atoms with Crippen LogP contribution in [0, 0.1) is 0 Å². The zero-order valence-electron chi connectivity index (χ0n) is 11.4. The quantitative estimate of drug-likeness (QED) is 0.637. The van der Waals surface area contributed by atoms with Crippen LogP contribution in [-0.2, 0) is 9.92 Å². The van der Waals surface area contributed by atoms with Gasteiger partial charge < -0.3 is 5.73 Å². The van der Waals surface area contributed by atoms with Crippen LogP contribution in [0.2, 0.25) is 0 Å². The van der Waals surface area contributed by atoms with Crippen molar-refractivity contribution in [1.82, 2.24) is 4.31 Å². The van der Waals surface area contributed by atoms with Gasteiger partial charge >= 0.3 is 0 Å². The lowest BCUT2D eigenvalue weighted by Crippen LogP contribution is -2.26. The Balaban J connectivity index is 3.20. The Hall–Kier alpha value is -1.07. The minimum atomic E-state index is -2.51. The van der Waals surface area contributed by atoms with E-state index >= 15 is 0 Å². The van der Waals surface area contributed by atoms with Crippen LogP contribution in [0.15, 0.2) is 33.5 Å². The van der Waals surface area contributed by atoms with Crippen molar-refractivity contribution in [2.24, 2.45) is 4.36 Å². The Morgan fingerprint density at radius 3 is 2.67 bits per heavy atom. The summed E-state index contributed by atoms with van der Waals surface area (Å²) in [5.74, 6) is 0. The Labute approximate surface area is 110 Å². The van der Waals surface area contributed by atoms with Crippen molar-refractivity contribution in [2.45, 2.75) is 31.6 Å². The van der Waals surface area contributed by atoms with Gasteiger partial charge in [-0.25, -0.2) is 12.9 Å². The van der Waals surface area contributed by atoms with E-state index in [1.165, 1.54) is 0 Å². The first-order valence-electron chi connectivity index (χ1n) is 6.34. The van der Waals surface area contributed by atoms with Gasteiger partial charge in [0.1, 0.15) is 9.92 Å². The van der Waals surface area contributed by atoms with Gasteiger partial charge in [0.05, 0.1) is 4.90 Å². The maximum absolute atomic E-state index is 13.0. The predicted molar refractivity (Wildman–Crippen MR) is 77.8 cm³/mol. The highest BCUT2D eigenvalue weighted by Gasteiger charge is 2.17. The number of unbranched alkanes of at least 4 members (excludes halogenated alkanes) is 1. The molecule has 102 valence electrons. The van der Waals surface area contributed by atoms with Crippen LogP contribution in [0.1, 0.15) is 26.7 Å². The summed E-state index contributed by atoms with van der Waals surface area (Å²) in [5.41, 5.74) is 6.39. The highest BCUT2D eigenvalue weighted by molar-refractivity contribution is 7.91. The fourth-order valence-electron chi connectivity index (χ4n) is 1.55. The van der Waals surface area contributed by atoms with Gasteiger partial charge in [0.2, 0.25) is 0 Å². The molecule has 18 heavy (non-hydrogen) atoms. The van der Waals surface area contributed by atoms with E-state index in [1.807, 2.05) is 26.1 Å². The molecule has 4 nitrogen and oxygen atoms in total. The fourth-order valence-corrected chi connectivity index (χ4v) is 3.53. The van der Waals surface area contributed by atoms with Crippen LogP contribution in [-0.4, -0.2) is 28.7 Å². The predicted octanol–water partition coefficient (Wildman–Crippen LogP) is 2.76. The lowest BCUT2D eigenvalue weighted by atomic mass is 10.3. The van der Waals surface area contributed by atoms with Gasteiger partial charge in [0.25, 0.3) is 0 Å². The molecule has 1 rings (SSSR count). The van der Waals surface area contributed by atoms with Crippen LogP contribution in [0.4, 0.5) is 5.69 Å². The van der Waals surface area contributed by atoms with Crippen molar-refractivity contribution in [3.8, 4) is 0 Å². The first-order chi connectivity index (χ1) is 8.54. The van der Waals surface area contributed by atoms with Crippen molar-refractivity contribution >= 4 is 15.6 Å².